The minimum atomic E-state index is -0.298. The number of nitrogens with one attached hydrogen (secondary N) is 1. The average Bonchev–Trinajstić information content (AvgIpc) is 3.24. The maximum Gasteiger partial charge on any atom is 0.248 e. The highest BCUT2D eigenvalue weighted by Crippen LogP contribution is 2.45. The number of carbonyl (C=O) groups excluding carboxylic acids is 1. The molecule has 0 radical (unpaired) electrons. The zero-order valence-corrected chi connectivity index (χ0v) is 21.9. The van der Waals surface area contributed by atoms with Crippen molar-refractivity contribution >= 4 is 28.7 Å². The molecule has 3 aromatic heterocycles. The van der Waals surface area contributed by atoms with Gasteiger partial charge in [0.25, 0.3) is 0 Å². The fraction of sp³-hybridized carbons (Fsp3) is 0.267. The van der Waals surface area contributed by atoms with Crippen molar-refractivity contribution in [1.29, 1.82) is 5.26 Å². The number of nitrogens with zero attached hydrogens (tertiary/aromatic N) is 4. The number of pyridine rings is 2. The van der Waals surface area contributed by atoms with E-state index in [0.717, 1.165) is 58.4 Å². The molecule has 1 atom stereocenters. The van der Waals surface area contributed by atoms with Gasteiger partial charge in [0.1, 0.15) is 11.7 Å². The number of fused-ring (bicyclic) bond motifs is 2. The summed E-state index contributed by atoms with van der Waals surface area (Å²) in [6, 6.07) is 11.7. The van der Waals surface area contributed by atoms with E-state index in [1.165, 1.54) is 6.08 Å². The highest BCUT2D eigenvalue weighted by atomic mass is 16.5. The molecule has 3 heterocycles. The molecule has 4 aromatic rings. The number of methoxy groups -OCH3 is 2. The van der Waals surface area contributed by atoms with Gasteiger partial charge < -0.3 is 19.4 Å². The molecule has 0 bridgehead atoms. The predicted molar refractivity (Wildman–Crippen MR) is 146 cm³/mol. The number of hydrogen-bond acceptors (Lipinski definition) is 6. The normalized spacial score (nSPS) is 14.8. The molecule has 0 aliphatic heterocycles. The van der Waals surface area contributed by atoms with Crippen LogP contribution in [0.1, 0.15) is 52.5 Å². The summed E-state index contributed by atoms with van der Waals surface area (Å²) in [5.41, 5.74) is 6.58. The molecule has 0 saturated carbocycles. The molecule has 38 heavy (non-hydrogen) atoms. The number of benzene rings is 1. The number of hydrogen-bond donors (Lipinski definition) is 1. The number of aryl methyl sites for hydroxylation is 2. The van der Waals surface area contributed by atoms with Gasteiger partial charge in [0.15, 0.2) is 11.5 Å². The third-order valence-electron chi connectivity index (χ3n) is 7.03. The summed E-state index contributed by atoms with van der Waals surface area (Å²) in [5.74, 6) is 1.13. The van der Waals surface area contributed by atoms with Crippen molar-refractivity contribution in [1.82, 2.24) is 14.5 Å². The minimum absolute atomic E-state index is 0.0974. The number of ether oxygens (including phenoxy) is 2. The Morgan fingerprint density at radius 2 is 1.97 bits per heavy atom. The highest BCUT2D eigenvalue weighted by Gasteiger charge is 2.31. The van der Waals surface area contributed by atoms with Crippen molar-refractivity contribution in [2.24, 2.45) is 0 Å². The summed E-state index contributed by atoms with van der Waals surface area (Å²) in [6.07, 6.45) is 9.07. The fourth-order valence-electron chi connectivity index (χ4n) is 5.50. The van der Waals surface area contributed by atoms with Crippen LogP contribution in [0.4, 0.5) is 5.69 Å². The Kier molecular flexibility index (Phi) is 6.84. The largest absolute Gasteiger partial charge is 0.493 e. The van der Waals surface area contributed by atoms with Gasteiger partial charge in [0, 0.05) is 40.8 Å². The zero-order valence-electron chi connectivity index (χ0n) is 21.9. The van der Waals surface area contributed by atoms with Gasteiger partial charge in [-0.1, -0.05) is 6.07 Å². The van der Waals surface area contributed by atoms with E-state index in [9.17, 15) is 10.1 Å². The lowest BCUT2D eigenvalue weighted by molar-refractivity contribution is -0.111. The second-order valence-corrected chi connectivity index (χ2v) is 9.36. The van der Waals surface area contributed by atoms with Crippen LogP contribution in [-0.4, -0.2) is 34.7 Å². The van der Waals surface area contributed by atoms with Crippen LogP contribution in [0.3, 0.4) is 0 Å². The molecule has 1 aliphatic carbocycles. The van der Waals surface area contributed by atoms with E-state index in [1.807, 2.05) is 26.0 Å². The van der Waals surface area contributed by atoms with Gasteiger partial charge >= 0.3 is 0 Å². The number of nitriles is 1. The van der Waals surface area contributed by atoms with E-state index < -0.39 is 0 Å². The first-order valence-electron chi connectivity index (χ1n) is 12.5. The van der Waals surface area contributed by atoms with Gasteiger partial charge in [-0.25, -0.2) is 4.98 Å². The lowest BCUT2D eigenvalue weighted by Gasteiger charge is -2.30. The summed E-state index contributed by atoms with van der Waals surface area (Å²) in [4.78, 5) is 21.7. The molecular weight excluding hydrogens is 478 g/mol. The monoisotopic (exact) mass is 507 g/mol. The second kappa shape index (κ2) is 10.4. The third kappa shape index (κ3) is 4.37. The van der Waals surface area contributed by atoms with E-state index in [0.29, 0.717) is 22.7 Å². The molecule has 192 valence electrons. The van der Waals surface area contributed by atoms with Crippen LogP contribution in [-0.2, 0) is 11.2 Å². The van der Waals surface area contributed by atoms with Gasteiger partial charge in [0.05, 0.1) is 31.5 Å². The van der Waals surface area contributed by atoms with Gasteiger partial charge in [-0.2, -0.15) is 5.26 Å². The SMILES string of the molecule is COc1ccc2c(c1OC)CCCC2n1c(C=CC(=O)Nc2ccncc2)c(C#N)c2c(C)cc(C)nc21. The maximum absolute atomic E-state index is 12.8. The van der Waals surface area contributed by atoms with Crippen LogP contribution in [0.15, 0.2) is 48.8 Å². The van der Waals surface area contributed by atoms with E-state index in [2.05, 4.69) is 27.0 Å². The maximum atomic E-state index is 12.8. The van der Waals surface area contributed by atoms with E-state index in [1.54, 1.807) is 44.8 Å². The summed E-state index contributed by atoms with van der Waals surface area (Å²) in [6.45, 7) is 3.95. The van der Waals surface area contributed by atoms with Gasteiger partial charge in [0.2, 0.25) is 5.91 Å². The van der Waals surface area contributed by atoms with Crippen molar-refractivity contribution in [3.05, 3.63) is 82.4 Å². The van der Waals surface area contributed by atoms with E-state index in [-0.39, 0.29) is 11.9 Å². The summed E-state index contributed by atoms with van der Waals surface area (Å²) in [5, 5.41) is 13.9. The smallest absolute Gasteiger partial charge is 0.248 e. The standard InChI is InChI=1S/C30H29N5O3/c1-18-16-19(2)33-30-28(18)23(17-31)25(9-11-27(36)34-20-12-14-32-15-13-20)35(30)24-7-5-6-22-21(24)8-10-26(37-3)29(22)38-4/h8-16,24H,5-7H2,1-4H3,(H,32,34,36). The predicted octanol–water partition coefficient (Wildman–Crippen LogP) is 5.51. The third-order valence-corrected chi connectivity index (χ3v) is 7.03. The first-order valence-corrected chi connectivity index (χ1v) is 12.5. The number of aromatic nitrogens is 3. The van der Waals surface area contributed by atoms with E-state index in [4.69, 9.17) is 14.5 Å². The molecule has 0 fully saturated rings. The van der Waals surface area contributed by atoms with Crippen molar-refractivity contribution in [2.45, 2.75) is 39.2 Å². The molecule has 1 aliphatic rings. The van der Waals surface area contributed by atoms with Crippen LogP contribution in [0.2, 0.25) is 0 Å². The van der Waals surface area contributed by atoms with Crippen LogP contribution >= 0.6 is 0 Å². The molecule has 8 heteroatoms. The van der Waals surface area contributed by atoms with Crippen molar-refractivity contribution < 1.29 is 14.3 Å². The van der Waals surface area contributed by atoms with Gasteiger partial charge in [-0.05, 0) is 74.6 Å². The lowest BCUT2D eigenvalue weighted by atomic mass is 9.86. The molecule has 1 unspecified atom stereocenters. The zero-order chi connectivity index (χ0) is 26.8. The number of amides is 1. The first-order chi connectivity index (χ1) is 18.5. The molecule has 1 N–H and O–H groups in total. The quantitative estimate of drug-likeness (QED) is 0.345. The molecule has 5 rings (SSSR count). The summed E-state index contributed by atoms with van der Waals surface area (Å²) < 4.78 is 13.4. The topological polar surface area (TPSA) is 102 Å². The van der Waals surface area contributed by atoms with Crippen LogP contribution in [0.5, 0.6) is 11.5 Å². The lowest BCUT2D eigenvalue weighted by Crippen LogP contribution is -2.20. The Bertz CT molecular complexity index is 1600. The molecule has 8 nitrogen and oxygen atoms in total. The Morgan fingerprint density at radius 1 is 1.18 bits per heavy atom. The van der Waals surface area contributed by atoms with Crippen LogP contribution in [0, 0.1) is 25.2 Å². The molecule has 1 aromatic carbocycles. The molecule has 0 saturated heterocycles. The minimum Gasteiger partial charge on any atom is -0.493 e. The first kappa shape index (κ1) is 25.0. The second-order valence-electron chi connectivity index (χ2n) is 9.36. The van der Waals surface area contributed by atoms with Gasteiger partial charge in [-0.15, -0.1) is 0 Å². The molecule has 0 spiro atoms. The Morgan fingerprint density at radius 3 is 2.68 bits per heavy atom. The van der Waals surface area contributed by atoms with Crippen LogP contribution < -0.4 is 14.8 Å². The summed E-state index contributed by atoms with van der Waals surface area (Å²) in [7, 11) is 3.29. The Hall–Kier alpha value is -4.64. The number of rotatable bonds is 6. The number of anilines is 1. The van der Waals surface area contributed by atoms with Crippen molar-refractivity contribution in [3.63, 3.8) is 0 Å². The average molecular weight is 508 g/mol. The van der Waals surface area contributed by atoms with Crippen molar-refractivity contribution in [2.75, 3.05) is 19.5 Å². The van der Waals surface area contributed by atoms with E-state index >= 15 is 0 Å². The molecular formula is C30H29N5O3. The van der Waals surface area contributed by atoms with Gasteiger partial charge in [-0.3, -0.25) is 9.78 Å². The Balaban J connectivity index is 1.70. The highest BCUT2D eigenvalue weighted by molar-refractivity contribution is 6.03. The van der Waals surface area contributed by atoms with Crippen LogP contribution in [0.25, 0.3) is 17.1 Å². The Labute approximate surface area is 221 Å². The van der Waals surface area contributed by atoms with Crippen molar-refractivity contribution in [3.8, 4) is 17.6 Å². The summed E-state index contributed by atoms with van der Waals surface area (Å²) >= 11 is 0. The fourth-order valence-corrected chi connectivity index (χ4v) is 5.50. The number of carbonyl (C=O) groups is 1. The molecule has 1 amide bonds.